The number of aromatic nitrogens is 2. The molecule has 0 bridgehead atoms. The van der Waals surface area contributed by atoms with Crippen molar-refractivity contribution in [2.75, 3.05) is 6.54 Å². The predicted molar refractivity (Wildman–Crippen MR) is 57.5 cm³/mol. The van der Waals surface area contributed by atoms with Gasteiger partial charge in [-0.15, -0.1) is 0 Å². The number of ketones is 1. The average molecular weight is 207 g/mol. The van der Waals surface area contributed by atoms with Crippen LogP contribution in [0.5, 0.6) is 0 Å². The van der Waals surface area contributed by atoms with Gasteiger partial charge in [0.1, 0.15) is 5.69 Å². The third kappa shape index (κ3) is 1.59. The van der Waals surface area contributed by atoms with Crippen molar-refractivity contribution in [3.8, 4) is 0 Å². The van der Waals surface area contributed by atoms with Crippen molar-refractivity contribution < 1.29 is 4.79 Å². The van der Waals surface area contributed by atoms with Crippen molar-refractivity contribution in [3.63, 3.8) is 0 Å². The van der Waals surface area contributed by atoms with Gasteiger partial charge in [-0.3, -0.25) is 9.48 Å². The van der Waals surface area contributed by atoms with Crippen LogP contribution in [0.2, 0.25) is 0 Å². The summed E-state index contributed by atoms with van der Waals surface area (Å²) in [6.45, 7) is 0.455. The summed E-state index contributed by atoms with van der Waals surface area (Å²) in [6.07, 6.45) is 5.73. The molecule has 15 heavy (non-hydrogen) atoms. The quantitative estimate of drug-likeness (QED) is 0.755. The van der Waals surface area contributed by atoms with Crippen LogP contribution in [0.1, 0.15) is 36.2 Å². The molecule has 0 unspecified atom stereocenters. The largest absolute Gasteiger partial charge is 0.329 e. The molecule has 1 saturated carbocycles. The number of hydrogen-bond donors (Lipinski definition) is 1. The van der Waals surface area contributed by atoms with Crippen LogP contribution < -0.4 is 5.73 Å². The van der Waals surface area contributed by atoms with E-state index in [0.29, 0.717) is 12.2 Å². The summed E-state index contributed by atoms with van der Waals surface area (Å²) in [4.78, 5) is 12.3. The third-order valence-electron chi connectivity index (χ3n) is 3.49. The topological polar surface area (TPSA) is 60.9 Å². The minimum atomic E-state index is -0.312. The molecule has 1 aromatic rings. The van der Waals surface area contributed by atoms with Crippen LogP contribution in [0, 0.1) is 5.41 Å². The minimum Gasteiger partial charge on any atom is -0.329 e. The molecule has 1 aliphatic carbocycles. The summed E-state index contributed by atoms with van der Waals surface area (Å²) in [6, 6.07) is 1.78. The summed E-state index contributed by atoms with van der Waals surface area (Å²) in [5.41, 5.74) is 6.15. The zero-order valence-electron chi connectivity index (χ0n) is 9.07. The summed E-state index contributed by atoms with van der Waals surface area (Å²) in [7, 11) is 1.80. The van der Waals surface area contributed by atoms with E-state index < -0.39 is 0 Å². The highest BCUT2D eigenvalue weighted by Gasteiger charge is 2.41. The van der Waals surface area contributed by atoms with E-state index in [1.807, 2.05) is 0 Å². The fourth-order valence-corrected chi connectivity index (χ4v) is 2.44. The van der Waals surface area contributed by atoms with Gasteiger partial charge in [0.15, 0.2) is 5.78 Å². The van der Waals surface area contributed by atoms with Gasteiger partial charge in [0.05, 0.1) is 0 Å². The molecular weight excluding hydrogens is 190 g/mol. The molecule has 0 saturated heterocycles. The van der Waals surface area contributed by atoms with Crippen molar-refractivity contribution in [1.29, 1.82) is 0 Å². The molecule has 0 radical (unpaired) electrons. The molecule has 0 spiro atoms. The van der Waals surface area contributed by atoms with Gasteiger partial charge in [0.25, 0.3) is 0 Å². The summed E-state index contributed by atoms with van der Waals surface area (Å²) < 4.78 is 1.64. The van der Waals surface area contributed by atoms with Crippen molar-refractivity contribution in [2.45, 2.75) is 25.7 Å². The highest BCUT2D eigenvalue weighted by Crippen LogP contribution is 2.39. The smallest absolute Gasteiger partial charge is 0.188 e. The predicted octanol–water partition coefficient (Wildman–Crippen LogP) is 1.12. The van der Waals surface area contributed by atoms with Gasteiger partial charge in [-0.05, 0) is 18.9 Å². The second-order valence-electron chi connectivity index (χ2n) is 4.36. The van der Waals surface area contributed by atoms with Crippen LogP contribution in [0.4, 0.5) is 0 Å². The Hall–Kier alpha value is -1.16. The Kier molecular flexibility index (Phi) is 2.61. The molecule has 0 aliphatic heterocycles. The molecule has 2 rings (SSSR count). The third-order valence-corrected chi connectivity index (χ3v) is 3.49. The van der Waals surface area contributed by atoms with E-state index in [9.17, 15) is 4.79 Å². The molecule has 0 amide bonds. The standard InChI is InChI=1S/C11H17N3O/c1-14-9(4-7-13-14)10(15)11(8-12)5-2-3-6-11/h4,7H,2-3,5-6,8,12H2,1H3. The van der Waals surface area contributed by atoms with E-state index in [0.717, 1.165) is 25.7 Å². The second kappa shape index (κ2) is 3.77. The number of carbonyl (C=O) groups excluding carboxylic acids is 1. The summed E-state index contributed by atoms with van der Waals surface area (Å²) >= 11 is 0. The van der Waals surface area contributed by atoms with Gasteiger partial charge < -0.3 is 5.73 Å². The van der Waals surface area contributed by atoms with E-state index in [-0.39, 0.29) is 11.2 Å². The van der Waals surface area contributed by atoms with Crippen LogP contribution in [0.25, 0.3) is 0 Å². The number of nitrogens with two attached hydrogens (primary N) is 1. The number of nitrogens with zero attached hydrogens (tertiary/aromatic N) is 2. The highest BCUT2D eigenvalue weighted by atomic mass is 16.1. The monoisotopic (exact) mass is 207 g/mol. The Morgan fingerprint density at radius 3 is 2.73 bits per heavy atom. The normalized spacial score (nSPS) is 19.3. The molecule has 1 heterocycles. The Balaban J connectivity index is 2.30. The van der Waals surface area contributed by atoms with Gasteiger partial charge in [-0.2, -0.15) is 5.10 Å². The van der Waals surface area contributed by atoms with E-state index >= 15 is 0 Å². The maximum Gasteiger partial charge on any atom is 0.188 e. The van der Waals surface area contributed by atoms with Crippen LogP contribution in [-0.4, -0.2) is 22.1 Å². The van der Waals surface area contributed by atoms with E-state index in [2.05, 4.69) is 5.10 Å². The van der Waals surface area contributed by atoms with E-state index in [4.69, 9.17) is 5.73 Å². The van der Waals surface area contributed by atoms with Gasteiger partial charge in [0.2, 0.25) is 0 Å². The van der Waals surface area contributed by atoms with Gasteiger partial charge in [0, 0.05) is 25.2 Å². The van der Waals surface area contributed by atoms with Crippen LogP contribution in [-0.2, 0) is 7.05 Å². The number of Topliss-reactive ketones (excluding diaryl/α,β-unsaturated/α-hetero) is 1. The molecule has 4 heteroatoms. The summed E-state index contributed by atoms with van der Waals surface area (Å²) in [5, 5.41) is 4.03. The van der Waals surface area contributed by atoms with Gasteiger partial charge in [-0.1, -0.05) is 12.8 Å². The molecule has 4 nitrogen and oxygen atoms in total. The second-order valence-corrected chi connectivity index (χ2v) is 4.36. The van der Waals surface area contributed by atoms with E-state index in [1.165, 1.54) is 0 Å². The molecule has 1 fully saturated rings. The van der Waals surface area contributed by atoms with Crippen molar-refractivity contribution in [1.82, 2.24) is 9.78 Å². The molecule has 0 aromatic carbocycles. The fourth-order valence-electron chi connectivity index (χ4n) is 2.44. The number of rotatable bonds is 3. The van der Waals surface area contributed by atoms with Crippen LogP contribution in [0.15, 0.2) is 12.3 Å². The Bertz CT molecular complexity index is 364. The zero-order valence-corrected chi connectivity index (χ0v) is 9.07. The number of carbonyl (C=O) groups is 1. The maximum absolute atomic E-state index is 12.3. The average Bonchev–Trinajstić information content (AvgIpc) is 2.86. The maximum atomic E-state index is 12.3. The molecule has 1 aliphatic rings. The van der Waals surface area contributed by atoms with Crippen molar-refractivity contribution >= 4 is 5.78 Å². The Morgan fingerprint density at radius 1 is 1.60 bits per heavy atom. The fraction of sp³-hybridized carbons (Fsp3) is 0.636. The lowest BCUT2D eigenvalue weighted by Crippen LogP contribution is -2.37. The molecular formula is C11H17N3O. The minimum absolute atomic E-state index is 0.169. The van der Waals surface area contributed by atoms with E-state index in [1.54, 1.807) is 24.0 Å². The number of aryl methyl sites for hydroxylation is 1. The lowest BCUT2D eigenvalue weighted by atomic mass is 9.80. The Morgan fingerprint density at radius 2 is 2.27 bits per heavy atom. The first kappa shape index (κ1) is 10.4. The lowest BCUT2D eigenvalue weighted by Gasteiger charge is -2.25. The number of hydrogen-bond acceptors (Lipinski definition) is 3. The van der Waals surface area contributed by atoms with Crippen molar-refractivity contribution in [2.24, 2.45) is 18.2 Å². The van der Waals surface area contributed by atoms with Gasteiger partial charge >= 0.3 is 0 Å². The Labute approximate surface area is 89.5 Å². The summed E-state index contributed by atoms with van der Waals surface area (Å²) in [5.74, 6) is 0.169. The lowest BCUT2D eigenvalue weighted by molar-refractivity contribution is 0.0799. The molecule has 82 valence electrons. The first-order valence-corrected chi connectivity index (χ1v) is 5.42. The molecule has 1 aromatic heterocycles. The molecule has 2 N–H and O–H groups in total. The van der Waals surface area contributed by atoms with Crippen LogP contribution >= 0.6 is 0 Å². The van der Waals surface area contributed by atoms with Crippen LogP contribution in [0.3, 0.4) is 0 Å². The van der Waals surface area contributed by atoms with Gasteiger partial charge in [-0.25, -0.2) is 0 Å². The first-order valence-electron chi connectivity index (χ1n) is 5.42. The zero-order chi connectivity index (χ0) is 10.9. The first-order chi connectivity index (χ1) is 7.19. The van der Waals surface area contributed by atoms with Crippen molar-refractivity contribution in [3.05, 3.63) is 18.0 Å². The SMILES string of the molecule is Cn1nccc1C(=O)C1(CN)CCCC1. The highest BCUT2D eigenvalue weighted by molar-refractivity contribution is 5.99. The molecule has 0 atom stereocenters.